The van der Waals surface area contributed by atoms with Gasteiger partial charge in [-0.25, -0.2) is 0 Å². The van der Waals surface area contributed by atoms with E-state index in [-0.39, 0.29) is 0 Å². The summed E-state index contributed by atoms with van der Waals surface area (Å²) in [6.07, 6.45) is 2.67. The number of rotatable bonds is 4. The SMILES string of the molecule is N=Cc1cc(Cl)c(NCc2ccon2)cc1N. The van der Waals surface area contributed by atoms with Gasteiger partial charge in [0.1, 0.15) is 12.0 Å². The quantitative estimate of drug-likeness (QED) is 0.575. The Balaban J connectivity index is 2.16. The van der Waals surface area contributed by atoms with E-state index in [4.69, 9.17) is 27.3 Å². The lowest BCUT2D eigenvalue weighted by atomic mass is 10.1. The molecule has 0 saturated heterocycles. The number of nitrogens with zero attached hydrogens (tertiary/aromatic N) is 1. The van der Waals surface area contributed by atoms with E-state index in [0.29, 0.717) is 28.5 Å². The molecular formula is C11H11ClN4O. The van der Waals surface area contributed by atoms with Crippen molar-refractivity contribution in [1.29, 1.82) is 5.41 Å². The van der Waals surface area contributed by atoms with Crippen LogP contribution in [0.1, 0.15) is 11.3 Å². The van der Waals surface area contributed by atoms with E-state index in [9.17, 15) is 0 Å². The average Bonchev–Trinajstić information content (AvgIpc) is 2.82. The second-order valence-electron chi connectivity index (χ2n) is 3.45. The molecule has 0 fully saturated rings. The molecule has 5 nitrogen and oxygen atoms in total. The van der Waals surface area contributed by atoms with E-state index in [1.165, 1.54) is 12.5 Å². The van der Waals surface area contributed by atoms with Crippen molar-refractivity contribution in [3.63, 3.8) is 0 Å². The third kappa shape index (κ3) is 2.57. The van der Waals surface area contributed by atoms with Crippen LogP contribution in [0.4, 0.5) is 11.4 Å². The van der Waals surface area contributed by atoms with Crippen molar-refractivity contribution in [3.05, 3.63) is 40.7 Å². The Labute approximate surface area is 103 Å². The summed E-state index contributed by atoms with van der Waals surface area (Å²) in [5.41, 5.74) is 8.35. The highest BCUT2D eigenvalue weighted by molar-refractivity contribution is 6.33. The van der Waals surface area contributed by atoms with Crippen LogP contribution < -0.4 is 11.1 Å². The smallest absolute Gasteiger partial charge is 0.124 e. The van der Waals surface area contributed by atoms with Crippen LogP contribution in [-0.4, -0.2) is 11.4 Å². The van der Waals surface area contributed by atoms with Crippen molar-refractivity contribution in [3.8, 4) is 0 Å². The molecule has 0 atom stereocenters. The molecule has 4 N–H and O–H groups in total. The lowest BCUT2D eigenvalue weighted by Crippen LogP contribution is -2.02. The molecule has 2 rings (SSSR count). The zero-order chi connectivity index (χ0) is 12.3. The van der Waals surface area contributed by atoms with Gasteiger partial charge in [-0.05, 0) is 12.1 Å². The number of hydrogen-bond acceptors (Lipinski definition) is 5. The summed E-state index contributed by atoms with van der Waals surface area (Å²) in [4.78, 5) is 0. The molecule has 0 amide bonds. The molecule has 0 aliphatic rings. The van der Waals surface area contributed by atoms with E-state index in [0.717, 1.165) is 5.69 Å². The van der Waals surface area contributed by atoms with Crippen molar-refractivity contribution in [2.45, 2.75) is 6.54 Å². The van der Waals surface area contributed by atoms with E-state index >= 15 is 0 Å². The monoisotopic (exact) mass is 250 g/mol. The molecule has 1 heterocycles. The van der Waals surface area contributed by atoms with Crippen molar-refractivity contribution in [1.82, 2.24) is 5.16 Å². The molecule has 0 saturated carbocycles. The van der Waals surface area contributed by atoms with Crippen LogP contribution in [-0.2, 0) is 6.54 Å². The highest BCUT2D eigenvalue weighted by Gasteiger charge is 2.05. The molecule has 0 aliphatic carbocycles. The molecule has 17 heavy (non-hydrogen) atoms. The van der Waals surface area contributed by atoms with Crippen molar-refractivity contribution in [2.75, 3.05) is 11.1 Å². The van der Waals surface area contributed by atoms with Gasteiger partial charge < -0.3 is 21.0 Å². The van der Waals surface area contributed by atoms with Crippen molar-refractivity contribution in [2.24, 2.45) is 0 Å². The summed E-state index contributed by atoms with van der Waals surface area (Å²) in [5, 5.41) is 14.5. The van der Waals surface area contributed by atoms with E-state index in [1.807, 2.05) is 0 Å². The van der Waals surface area contributed by atoms with Crippen LogP contribution in [0.15, 0.2) is 29.0 Å². The van der Waals surface area contributed by atoms with Gasteiger partial charge in [0.2, 0.25) is 0 Å². The Bertz CT molecular complexity index is 525. The van der Waals surface area contributed by atoms with Crippen LogP contribution in [0.2, 0.25) is 5.02 Å². The molecule has 88 valence electrons. The minimum absolute atomic E-state index is 0.500. The molecule has 2 aromatic rings. The van der Waals surface area contributed by atoms with Gasteiger partial charge in [-0.2, -0.15) is 0 Å². The lowest BCUT2D eigenvalue weighted by Gasteiger charge is -2.09. The van der Waals surface area contributed by atoms with E-state index in [1.54, 1.807) is 18.2 Å². The van der Waals surface area contributed by atoms with Gasteiger partial charge >= 0.3 is 0 Å². The molecule has 0 unspecified atom stereocenters. The van der Waals surface area contributed by atoms with Gasteiger partial charge in [0.15, 0.2) is 0 Å². The van der Waals surface area contributed by atoms with Crippen LogP contribution in [0, 0.1) is 5.41 Å². The van der Waals surface area contributed by atoms with Crippen LogP contribution >= 0.6 is 11.6 Å². The Morgan fingerprint density at radius 1 is 1.53 bits per heavy atom. The largest absolute Gasteiger partial charge is 0.398 e. The Morgan fingerprint density at radius 3 is 3.00 bits per heavy atom. The molecule has 0 aliphatic heterocycles. The number of halogens is 1. The highest BCUT2D eigenvalue weighted by Crippen LogP contribution is 2.27. The minimum atomic E-state index is 0.500. The second-order valence-corrected chi connectivity index (χ2v) is 3.86. The van der Waals surface area contributed by atoms with Gasteiger partial charge in [0.25, 0.3) is 0 Å². The topological polar surface area (TPSA) is 87.9 Å². The fraction of sp³-hybridized carbons (Fsp3) is 0.0909. The third-order valence-electron chi connectivity index (χ3n) is 2.28. The summed E-state index contributed by atoms with van der Waals surface area (Å²) < 4.78 is 4.72. The number of anilines is 2. The summed E-state index contributed by atoms with van der Waals surface area (Å²) in [5.74, 6) is 0. The first-order valence-electron chi connectivity index (χ1n) is 4.93. The van der Waals surface area contributed by atoms with Crippen molar-refractivity contribution < 1.29 is 4.52 Å². The fourth-order valence-electron chi connectivity index (χ4n) is 1.38. The Hall–Kier alpha value is -2.01. The highest BCUT2D eigenvalue weighted by atomic mass is 35.5. The van der Waals surface area contributed by atoms with Gasteiger partial charge in [0, 0.05) is 23.5 Å². The zero-order valence-corrected chi connectivity index (χ0v) is 9.66. The molecule has 1 aromatic carbocycles. The lowest BCUT2D eigenvalue weighted by molar-refractivity contribution is 0.412. The van der Waals surface area contributed by atoms with E-state index in [2.05, 4.69) is 10.5 Å². The number of nitrogens with one attached hydrogen (secondary N) is 2. The first-order chi connectivity index (χ1) is 8.20. The number of hydrogen-bond donors (Lipinski definition) is 3. The second kappa shape index (κ2) is 4.88. The van der Waals surface area contributed by atoms with Crippen LogP contribution in [0.25, 0.3) is 0 Å². The van der Waals surface area contributed by atoms with Gasteiger partial charge in [-0.1, -0.05) is 16.8 Å². The van der Waals surface area contributed by atoms with Gasteiger partial charge in [-0.3, -0.25) is 0 Å². The molecule has 0 bridgehead atoms. The van der Waals surface area contributed by atoms with E-state index < -0.39 is 0 Å². The fourth-order valence-corrected chi connectivity index (χ4v) is 1.62. The van der Waals surface area contributed by atoms with Gasteiger partial charge in [0.05, 0.1) is 17.3 Å². The standard InChI is InChI=1S/C11H11ClN4O/c12-9-3-7(5-13)10(14)4-11(9)15-6-8-1-2-17-16-8/h1-5,13,15H,6,14H2. The summed E-state index contributed by atoms with van der Waals surface area (Å²) in [7, 11) is 0. The first kappa shape index (κ1) is 11.5. The molecular weight excluding hydrogens is 240 g/mol. The number of aromatic nitrogens is 1. The number of nitrogen functional groups attached to an aromatic ring is 1. The predicted octanol–water partition coefficient (Wildman–Crippen LogP) is 2.52. The molecule has 1 aromatic heterocycles. The van der Waals surface area contributed by atoms with Crippen molar-refractivity contribution >= 4 is 29.2 Å². The zero-order valence-electron chi connectivity index (χ0n) is 8.90. The molecule has 0 radical (unpaired) electrons. The average molecular weight is 251 g/mol. The third-order valence-corrected chi connectivity index (χ3v) is 2.59. The first-order valence-corrected chi connectivity index (χ1v) is 5.31. The predicted molar refractivity (Wildman–Crippen MR) is 67.6 cm³/mol. The summed E-state index contributed by atoms with van der Waals surface area (Å²) >= 11 is 6.06. The van der Waals surface area contributed by atoms with Gasteiger partial charge in [-0.15, -0.1) is 0 Å². The Morgan fingerprint density at radius 2 is 2.35 bits per heavy atom. The number of benzene rings is 1. The van der Waals surface area contributed by atoms with Crippen LogP contribution in [0.3, 0.4) is 0 Å². The maximum Gasteiger partial charge on any atom is 0.124 e. The normalized spacial score (nSPS) is 10.2. The Kier molecular flexibility index (Phi) is 3.30. The maximum absolute atomic E-state index is 7.16. The minimum Gasteiger partial charge on any atom is -0.398 e. The van der Waals surface area contributed by atoms with Crippen LogP contribution in [0.5, 0.6) is 0 Å². The molecule has 0 spiro atoms. The maximum atomic E-state index is 7.16. The number of nitrogens with two attached hydrogens (primary N) is 1. The molecule has 6 heteroatoms. The summed E-state index contributed by atoms with van der Waals surface area (Å²) in [6.45, 7) is 0.500. The summed E-state index contributed by atoms with van der Waals surface area (Å²) in [6, 6.07) is 5.11.